The average Bonchev–Trinajstić information content (AvgIpc) is 2.68. The van der Waals surface area contributed by atoms with E-state index in [2.05, 4.69) is 37.0 Å². The predicted octanol–water partition coefficient (Wildman–Crippen LogP) is 3.49. The molecule has 1 aromatic carbocycles. The number of H-pyrrole nitrogens is 1. The highest BCUT2D eigenvalue weighted by molar-refractivity contribution is 5.97. The van der Waals surface area contributed by atoms with E-state index >= 15 is 0 Å². The van der Waals surface area contributed by atoms with E-state index < -0.39 is 0 Å². The molecule has 0 fully saturated rings. The molecular weight excluding hydrogens is 198 g/mol. The summed E-state index contributed by atoms with van der Waals surface area (Å²) in [4.78, 5) is 13.9. The van der Waals surface area contributed by atoms with Gasteiger partial charge in [-0.15, -0.1) is 0 Å². The molecule has 0 radical (unpaired) electrons. The molecule has 0 atom stereocenters. The van der Waals surface area contributed by atoms with Crippen LogP contribution in [0.2, 0.25) is 0 Å². The summed E-state index contributed by atoms with van der Waals surface area (Å²) in [6.07, 6.45) is 5.77. The van der Waals surface area contributed by atoms with Crippen LogP contribution in [0.5, 0.6) is 0 Å². The summed E-state index contributed by atoms with van der Waals surface area (Å²) >= 11 is 0. The molecule has 2 heteroatoms. The van der Waals surface area contributed by atoms with Crippen LogP contribution in [0.25, 0.3) is 10.9 Å². The second-order valence-electron chi connectivity index (χ2n) is 4.23. The van der Waals surface area contributed by atoms with Gasteiger partial charge in [-0.1, -0.05) is 23.8 Å². The quantitative estimate of drug-likeness (QED) is 0.614. The Hall–Kier alpha value is -1.83. The third-order valence-corrected chi connectivity index (χ3v) is 2.65. The van der Waals surface area contributed by atoms with Crippen molar-refractivity contribution in [3.05, 3.63) is 47.2 Å². The van der Waals surface area contributed by atoms with E-state index in [-0.39, 0.29) is 0 Å². The summed E-state index contributed by atoms with van der Waals surface area (Å²) < 4.78 is 0. The zero-order valence-electron chi connectivity index (χ0n) is 9.58. The highest BCUT2D eigenvalue weighted by atomic mass is 16.1. The van der Waals surface area contributed by atoms with Crippen LogP contribution in [0.1, 0.15) is 29.8 Å². The van der Waals surface area contributed by atoms with Gasteiger partial charge in [0.2, 0.25) is 0 Å². The zero-order valence-corrected chi connectivity index (χ0v) is 9.58. The number of aromatic amines is 1. The van der Waals surface area contributed by atoms with Crippen molar-refractivity contribution < 1.29 is 4.79 Å². The smallest absolute Gasteiger partial charge is 0.152 e. The summed E-state index contributed by atoms with van der Waals surface area (Å²) in [5, 5.41) is 0.996. The lowest BCUT2D eigenvalue weighted by molar-refractivity contribution is 0.112. The van der Waals surface area contributed by atoms with E-state index in [1.54, 1.807) is 6.20 Å². The molecule has 0 spiro atoms. The van der Waals surface area contributed by atoms with Crippen LogP contribution in [-0.2, 0) is 6.42 Å². The second kappa shape index (κ2) is 4.35. The molecule has 0 aliphatic rings. The Kier molecular flexibility index (Phi) is 2.91. The van der Waals surface area contributed by atoms with Gasteiger partial charge >= 0.3 is 0 Å². The van der Waals surface area contributed by atoms with E-state index in [9.17, 15) is 4.79 Å². The van der Waals surface area contributed by atoms with Crippen LogP contribution >= 0.6 is 0 Å². The zero-order chi connectivity index (χ0) is 11.5. The third-order valence-electron chi connectivity index (χ3n) is 2.65. The van der Waals surface area contributed by atoms with Crippen LogP contribution < -0.4 is 0 Å². The van der Waals surface area contributed by atoms with E-state index in [1.807, 2.05) is 6.07 Å². The number of aromatic nitrogens is 1. The lowest BCUT2D eigenvalue weighted by Crippen LogP contribution is -1.82. The van der Waals surface area contributed by atoms with Gasteiger partial charge in [-0.3, -0.25) is 4.79 Å². The first-order valence-corrected chi connectivity index (χ1v) is 5.39. The van der Waals surface area contributed by atoms with Gasteiger partial charge in [-0.2, -0.15) is 0 Å². The fourth-order valence-corrected chi connectivity index (χ4v) is 1.74. The Balaban J connectivity index is 2.37. The summed E-state index contributed by atoms with van der Waals surface area (Å²) in [5.74, 6) is 0. The Morgan fingerprint density at radius 1 is 1.38 bits per heavy atom. The topological polar surface area (TPSA) is 32.9 Å². The Morgan fingerprint density at radius 2 is 2.19 bits per heavy atom. The molecule has 16 heavy (non-hydrogen) atoms. The first-order valence-electron chi connectivity index (χ1n) is 5.39. The summed E-state index contributed by atoms with van der Waals surface area (Å²) in [6.45, 7) is 4.19. The average molecular weight is 213 g/mol. The molecular formula is C14H15NO. The number of carbonyl (C=O) groups is 1. The van der Waals surface area contributed by atoms with Gasteiger partial charge < -0.3 is 4.98 Å². The summed E-state index contributed by atoms with van der Waals surface area (Å²) in [7, 11) is 0. The molecule has 0 amide bonds. The Morgan fingerprint density at radius 3 is 2.88 bits per heavy atom. The van der Waals surface area contributed by atoms with Crippen LogP contribution in [0.15, 0.2) is 36.0 Å². The third kappa shape index (κ3) is 2.06. The van der Waals surface area contributed by atoms with Crippen molar-refractivity contribution in [1.82, 2.24) is 4.98 Å². The maximum absolute atomic E-state index is 10.8. The number of hydrogen-bond acceptors (Lipinski definition) is 1. The number of aldehydes is 1. The monoisotopic (exact) mass is 213 g/mol. The van der Waals surface area contributed by atoms with Crippen LogP contribution in [0.3, 0.4) is 0 Å². The maximum Gasteiger partial charge on any atom is 0.152 e. The number of hydrogen-bond donors (Lipinski definition) is 1. The Bertz CT molecular complexity index is 545. The fourth-order valence-electron chi connectivity index (χ4n) is 1.74. The number of nitrogens with one attached hydrogen (secondary N) is 1. The van der Waals surface area contributed by atoms with Crippen molar-refractivity contribution in [3.8, 4) is 0 Å². The molecule has 2 aromatic rings. The normalized spacial score (nSPS) is 10.4. The van der Waals surface area contributed by atoms with Gasteiger partial charge in [0.1, 0.15) is 0 Å². The van der Waals surface area contributed by atoms with Gasteiger partial charge in [-0.25, -0.2) is 0 Å². The second-order valence-corrected chi connectivity index (χ2v) is 4.23. The number of fused-ring (bicyclic) bond motifs is 1. The number of rotatable bonds is 3. The van der Waals surface area contributed by atoms with Gasteiger partial charge in [-0.05, 0) is 31.9 Å². The minimum absolute atomic E-state index is 0.726. The molecule has 2 nitrogen and oxygen atoms in total. The van der Waals surface area contributed by atoms with Gasteiger partial charge in [0, 0.05) is 22.7 Å². The number of allylic oxidation sites excluding steroid dienone is 2. The molecule has 0 bridgehead atoms. The van der Waals surface area contributed by atoms with Crippen molar-refractivity contribution in [2.24, 2.45) is 0 Å². The fraction of sp³-hybridized carbons (Fsp3) is 0.214. The minimum Gasteiger partial charge on any atom is -0.360 e. The first kappa shape index (κ1) is 10.7. The maximum atomic E-state index is 10.8. The van der Waals surface area contributed by atoms with E-state index in [1.165, 1.54) is 11.1 Å². The highest BCUT2D eigenvalue weighted by Gasteiger charge is 2.02. The summed E-state index contributed by atoms with van der Waals surface area (Å²) in [6, 6.07) is 6.17. The minimum atomic E-state index is 0.726. The van der Waals surface area contributed by atoms with Crippen molar-refractivity contribution >= 4 is 17.2 Å². The molecule has 0 saturated carbocycles. The highest BCUT2D eigenvalue weighted by Crippen LogP contribution is 2.18. The van der Waals surface area contributed by atoms with Crippen LogP contribution in [0, 0.1) is 0 Å². The molecule has 1 N–H and O–H groups in total. The molecule has 0 saturated heterocycles. The van der Waals surface area contributed by atoms with E-state index in [0.717, 1.165) is 29.2 Å². The standard InChI is InChI=1S/C14H15NO/c1-10(2)3-4-11-5-6-13-12(9-16)8-15-14(13)7-11/h3,5-9,15H,4H2,1-2H3. The molecule has 1 heterocycles. The van der Waals surface area contributed by atoms with Crippen LogP contribution in [-0.4, -0.2) is 11.3 Å². The molecule has 0 unspecified atom stereocenters. The van der Waals surface area contributed by atoms with Crippen molar-refractivity contribution in [2.45, 2.75) is 20.3 Å². The number of carbonyl (C=O) groups excluding carboxylic acids is 1. The first-order chi connectivity index (χ1) is 7.70. The van der Waals surface area contributed by atoms with Gasteiger partial charge in [0.15, 0.2) is 6.29 Å². The van der Waals surface area contributed by atoms with Crippen molar-refractivity contribution in [2.75, 3.05) is 0 Å². The van der Waals surface area contributed by atoms with Gasteiger partial charge in [0.25, 0.3) is 0 Å². The molecule has 82 valence electrons. The van der Waals surface area contributed by atoms with Gasteiger partial charge in [0.05, 0.1) is 0 Å². The molecule has 2 rings (SSSR count). The Labute approximate surface area is 95.0 Å². The SMILES string of the molecule is CC(C)=CCc1ccc2c(C=O)c[nH]c2c1. The lowest BCUT2D eigenvalue weighted by Gasteiger charge is -1.98. The molecule has 0 aliphatic carbocycles. The molecule has 1 aromatic heterocycles. The molecule has 0 aliphatic heterocycles. The summed E-state index contributed by atoms with van der Waals surface area (Å²) in [5.41, 5.74) is 4.33. The van der Waals surface area contributed by atoms with E-state index in [4.69, 9.17) is 0 Å². The number of benzene rings is 1. The lowest BCUT2D eigenvalue weighted by atomic mass is 10.1. The predicted molar refractivity (Wildman–Crippen MR) is 66.8 cm³/mol. The van der Waals surface area contributed by atoms with Crippen LogP contribution in [0.4, 0.5) is 0 Å². The van der Waals surface area contributed by atoms with Crippen molar-refractivity contribution in [3.63, 3.8) is 0 Å². The van der Waals surface area contributed by atoms with Crippen molar-refractivity contribution in [1.29, 1.82) is 0 Å². The largest absolute Gasteiger partial charge is 0.360 e. The van der Waals surface area contributed by atoms with E-state index in [0.29, 0.717) is 0 Å².